The molecule has 1 fully saturated rings. The number of rotatable bonds is 4. The highest BCUT2D eigenvalue weighted by Gasteiger charge is 2.30. The SMILES string of the molecule is CC(C)(C)c1cc(-c2cc(-c3cc(C(C)(C)C)cc(C(C)(C)C)c3)c(N3CCCC3=O)cc2-c2cc(C(C)(C)C)cc(C(C)(C)C)c2)cc(C(C)(C)C)c1. The molecular weight excluding hydrogens is 655 g/mol. The zero-order valence-electron chi connectivity index (χ0n) is 37.3. The minimum Gasteiger partial charge on any atom is -0.312 e. The van der Waals surface area contributed by atoms with Crippen molar-refractivity contribution in [3.05, 3.63) is 100 Å². The lowest BCUT2D eigenvalue weighted by atomic mass is 9.76. The Labute approximate surface area is 330 Å². The molecule has 1 aliphatic rings. The van der Waals surface area contributed by atoms with Gasteiger partial charge in [0.25, 0.3) is 0 Å². The molecule has 2 nitrogen and oxygen atoms in total. The predicted octanol–water partition coefficient (Wildman–Crippen LogP) is 14.6. The van der Waals surface area contributed by atoms with Gasteiger partial charge in [0, 0.05) is 18.5 Å². The molecule has 2 heteroatoms. The minimum atomic E-state index is -0.0399. The lowest BCUT2D eigenvalue weighted by Crippen LogP contribution is -2.24. The Hall–Kier alpha value is -3.65. The van der Waals surface area contributed by atoms with Crippen LogP contribution in [-0.2, 0) is 37.3 Å². The highest BCUT2D eigenvalue weighted by atomic mass is 16.2. The first-order chi connectivity index (χ1) is 24.4. The van der Waals surface area contributed by atoms with E-state index in [4.69, 9.17) is 0 Å². The Morgan fingerprint density at radius 1 is 0.370 bits per heavy atom. The fraction of sp³-hybridized carbons (Fsp3) is 0.519. The number of benzene rings is 4. The smallest absolute Gasteiger partial charge is 0.227 e. The molecule has 0 spiro atoms. The van der Waals surface area contributed by atoms with E-state index in [1.54, 1.807) is 0 Å². The summed E-state index contributed by atoms with van der Waals surface area (Å²) in [6.07, 6.45) is 1.46. The van der Waals surface area contributed by atoms with Gasteiger partial charge in [-0.25, -0.2) is 0 Å². The first-order valence-corrected chi connectivity index (χ1v) is 20.4. The molecule has 290 valence electrons. The van der Waals surface area contributed by atoms with Gasteiger partial charge in [-0.3, -0.25) is 4.79 Å². The highest BCUT2D eigenvalue weighted by molar-refractivity contribution is 6.03. The summed E-state index contributed by atoms with van der Waals surface area (Å²) in [5, 5.41) is 0. The number of carbonyl (C=O) groups excluding carboxylic acids is 1. The Balaban J connectivity index is 2.03. The fourth-order valence-corrected chi connectivity index (χ4v) is 7.37. The van der Waals surface area contributed by atoms with Crippen molar-refractivity contribution in [2.24, 2.45) is 0 Å². The van der Waals surface area contributed by atoms with E-state index in [1.165, 1.54) is 61.2 Å². The molecule has 0 N–H and O–H groups in total. The molecule has 5 rings (SSSR count). The molecule has 0 aliphatic carbocycles. The van der Waals surface area contributed by atoms with Crippen LogP contribution in [0.1, 0.15) is 171 Å². The van der Waals surface area contributed by atoms with Gasteiger partial charge in [0.15, 0.2) is 0 Å². The molecule has 0 aromatic heterocycles. The predicted molar refractivity (Wildman–Crippen MR) is 237 cm³/mol. The Morgan fingerprint density at radius 3 is 0.907 bits per heavy atom. The van der Waals surface area contributed by atoms with E-state index in [-0.39, 0.29) is 38.4 Å². The standard InChI is InChI=1S/C52H71NO/c1-47(2,3)36-22-33(23-37(28-36)48(4,5)6)42-31-44(35-26-40(51(13,14)15)30-41(27-35)52(16,17)18)45(53-21-19-20-46(53)54)32-43(42)34-24-38(49(7,8)9)29-39(25-34)50(10,11)12/h22-32H,19-21H2,1-18H3. The first-order valence-electron chi connectivity index (χ1n) is 20.4. The summed E-state index contributed by atoms with van der Waals surface area (Å²) >= 11 is 0. The number of carbonyl (C=O) groups is 1. The topological polar surface area (TPSA) is 20.3 Å². The summed E-state index contributed by atoms with van der Waals surface area (Å²) in [4.78, 5) is 15.9. The van der Waals surface area contributed by atoms with Crippen LogP contribution in [0.5, 0.6) is 0 Å². The molecule has 0 atom stereocenters. The van der Waals surface area contributed by atoms with Crippen molar-refractivity contribution in [3.63, 3.8) is 0 Å². The second-order valence-electron chi connectivity index (χ2n) is 22.5. The average Bonchev–Trinajstić information content (AvgIpc) is 3.46. The third-order valence-electron chi connectivity index (χ3n) is 11.4. The van der Waals surface area contributed by atoms with Crippen LogP contribution in [-0.4, -0.2) is 12.5 Å². The molecule has 4 aromatic carbocycles. The molecule has 1 amide bonds. The monoisotopic (exact) mass is 726 g/mol. The van der Waals surface area contributed by atoms with Gasteiger partial charge in [-0.15, -0.1) is 0 Å². The van der Waals surface area contributed by atoms with E-state index in [1.807, 2.05) is 0 Å². The maximum absolute atomic E-state index is 13.8. The molecule has 1 heterocycles. The summed E-state index contributed by atoms with van der Waals surface area (Å²) in [5.74, 6) is 0.210. The Kier molecular flexibility index (Phi) is 10.6. The number of amides is 1. The van der Waals surface area contributed by atoms with Gasteiger partial charge in [-0.05, 0) is 112 Å². The van der Waals surface area contributed by atoms with Crippen molar-refractivity contribution in [1.29, 1.82) is 0 Å². The van der Waals surface area contributed by atoms with Crippen LogP contribution in [0.4, 0.5) is 5.69 Å². The van der Waals surface area contributed by atoms with Crippen LogP contribution in [0, 0.1) is 0 Å². The summed E-state index contributed by atoms with van der Waals surface area (Å²) in [6.45, 7) is 42.4. The van der Waals surface area contributed by atoms with Gasteiger partial charge in [0.2, 0.25) is 5.91 Å². The Bertz CT molecular complexity index is 1950. The molecule has 0 radical (unpaired) electrons. The van der Waals surface area contributed by atoms with Crippen molar-refractivity contribution in [2.45, 2.75) is 170 Å². The van der Waals surface area contributed by atoms with Crippen LogP contribution in [0.25, 0.3) is 33.4 Å². The summed E-state index contributed by atoms with van der Waals surface area (Å²) < 4.78 is 0. The van der Waals surface area contributed by atoms with Crippen LogP contribution in [0.2, 0.25) is 0 Å². The molecule has 54 heavy (non-hydrogen) atoms. The van der Waals surface area contributed by atoms with Gasteiger partial charge in [-0.2, -0.15) is 0 Å². The fourth-order valence-electron chi connectivity index (χ4n) is 7.37. The van der Waals surface area contributed by atoms with Crippen molar-refractivity contribution in [1.82, 2.24) is 0 Å². The third kappa shape index (κ3) is 8.90. The number of anilines is 1. The molecule has 4 aromatic rings. The molecule has 0 unspecified atom stereocenters. The Morgan fingerprint density at radius 2 is 0.648 bits per heavy atom. The quantitative estimate of drug-likeness (QED) is 0.205. The van der Waals surface area contributed by atoms with Gasteiger partial charge >= 0.3 is 0 Å². The third-order valence-corrected chi connectivity index (χ3v) is 11.4. The largest absolute Gasteiger partial charge is 0.312 e. The average molecular weight is 726 g/mol. The normalized spacial score (nSPS) is 15.0. The van der Waals surface area contributed by atoms with Gasteiger partial charge < -0.3 is 4.90 Å². The van der Waals surface area contributed by atoms with E-state index in [9.17, 15) is 4.79 Å². The molecular formula is C52H71NO. The molecule has 0 bridgehead atoms. The highest BCUT2D eigenvalue weighted by Crippen LogP contribution is 2.47. The van der Waals surface area contributed by atoms with Gasteiger partial charge in [-0.1, -0.05) is 179 Å². The molecule has 1 saturated heterocycles. The number of nitrogens with zero attached hydrogens (tertiary/aromatic N) is 1. The lowest BCUT2D eigenvalue weighted by Gasteiger charge is -2.30. The summed E-state index contributed by atoms with van der Waals surface area (Å²) in [5.41, 5.74) is 15.9. The van der Waals surface area contributed by atoms with E-state index < -0.39 is 0 Å². The van der Waals surface area contributed by atoms with Gasteiger partial charge in [0.1, 0.15) is 0 Å². The number of hydrogen-bond donors (Lipinski definition) is 0. The molecule has 0 saturated carbocycles. The van der Waals surface area contributed by atoms with Crippen molar-refractivity contribution >= 4 is 11.6 Å². The number of hydrogen-bond acceptors (Lipinski definition) is 1. The van der Waals surface area contributed by atoms with E-state index in [0.29, 0.717) is 6.42 Å². The zero-order chi connectivity index (χ0) is 40.6. The second kappa shape index (κ2) is 13.8. The van der Waals surface area contributed by atoms with Crippen LogP contribution in [0.15, 0.2) is 66.7 Å². The molecule has 1 aliphatic heterocycles. The lowest BCUT2D eigenvalue weighted by molar-refractivity contribution is -0.117. The van der Waals surface area contributed by atoms with Crippen LogP contribution < -0.4 is 4.90 Å². The maximum Gasteiger partial charge on any atom is 0.227 e. The zero-order valence-corrected chi connectivity index (χ0v) is 37.3. The van der Waals surface area contributed by atoms with E-state index in [2.05, 4.69) is 196 Å². The maximum atomic E-state index is 13.8. The van der Waals surface area contributed by atoms with Crippen LogP contribution >= 0.6 is 0 Å². The van der Waals surface area contributed by atoms with Crippen LogP contribution in [0.3, 0.4) is 0 Å². The van der Waals surface area contributed by atoms with Crippen molar-refractivity contribution < 1.29 is 4.79 Å². The first kappa shape index (κ1) is 41.5. The summed E-state index contributed by atoms with van der Waals surface area (Å²) in [7, 11) is 0. The van der Waals surface area contributed by atoms with Gasteiger partial charge in [0.05, 0.1) is 5.69 Å². The van der Waals surface area contributed by atoms with E-state index in [0.717, 1.165) is 24.2 Å². The summed E-state index contributed by atoms with van der Waals surface area (Å²) in [6, 6.07) is 26.5. The second-order valence-corrected chi connectivity index (χ2v) is 22.5. The minimum absolute atomic E-state index is 0.0326. The van der Waals surface area contributed by atoms with Crippen molar-refractivity contribution in [2.75, 3.05) is 11.4 Å². The van der Waals surface area contributed by atoms with Crippen molar-refractivity contribution in [3.8, 4) is 33.4 Å². The van der Waals surface area contributed by atoms with E-state index >= 15 is 0 Å².